The van der Waals surface area contributed by atoms with E-state index in [-0.39, 0.29) is 42.7 Å². The Hall–Kier alpha value is -3.76. The third-order valence-electron chi connectivity index (χ3n) is 7.01. The van der Waals surface area contributed by atoms with E-state index in [1.807, 2.05) is 24.3 Å². The van der Waals surface area contributed by atoms with Crippen LogP contribution in [-0.2, 0) is 20.7 Å². The predicted molar refractivity (Wildman–Crippen MR) is 152 cm³/mol. The second-order valence-corrected chi connectivity index (χ2v) is 10.1. The van der Waals surface area contributed by atoms with E-state index in [9.17, 15) is 18.8 Å². The molecule has 212 valence electrons. The zero-order chi connectivity index (χ0) is 28.5. The summed E-state index contributed by atoms with van der Waals surface area (Å²) in [7, 11) is 1.61. The second kappa shape index (κ2) is 14.0. The van der Waals surface area contributed by atoms with Gasteiger partial charge in [0.15, 0.2) is 0 Å². The number of nitrogens with zero attached hydrogens (tertiary/aromatic N) is 3. The van der Waals surface area contributed by atoms with E-state index in [4.69, 9.17) is 16.3 Å². The normalized spacial score (nSPS) is 14.0. The first-order chi connectivity index (χ1) is 19.3. The highest BCUT2D eigenvalue weighted by Gasteiger charge is 2.25. The highest BCUT2D eigenvalue weighted by Crippen LogP contribution is 2.22. The van der Waals surface area contributed by atoms with Gasteiger partial charge in [-0.1, -0.05) is 48.0 Å². The van der Waals surface area contributed by atoms with Crippen molar-refractivity contribution in [3.8, 4) is 0 Å². The highest BCUT2D eigenvalue weighted by molar-refractivity contribution is 6.31. The summed E-state index contributed by atoms with van der Waals surface area (Å²) in [6, 6.07) is 13.3. The lowest BCUT2D eigenvalue weighted by Gasteiger charge is -2.30. The van der Waals surface area contributed by atoms with Crippen LogP contribution in [0.5, 0.6) is 0 Å². The van der Waals surface area contributed by atoms with Crippen molar-refractivity contribution in [3.63, 3.8) is 0 Å². The zero-order valence-electron chi connectivity index (χ0n) is 22.4. The fourth-order valence-corrected chi connectivity index (χ4v) is 4.80. The van der Waals surface area contributed by atoms with Crippen LogP contribution in [0.2, 0.25) is 5.02 Å². The van der Waals surface area contributed by atoms with Gasteiger partial charge in [0.05, 0.1) is 11.1 Å². The largest absolute Gasteiger partial charge is 0.447 e. The summed E-state index contributed by atoms with van der Waals surface area (Å²) >= 11 is 6.04. The van der Waals surface area contributed by atoms with Gasteiger partial charge >= 0.3 is 6.09 Å². The van der Waals surface area contributed by atoms with Crippen LogP contribution in [0.1, 0.15) is 24.8 Å². The number of piperazine rings is 1. The van der Waals surface area contributed by atoms with E-state index in [0.717, 1.165) is 23.9 Å². The lowest BCUT2D eigenvalue weighted by atomic mass is 10.1. The summed E-state index contributed by atoms with van der Waals surface area (Å²) in [6.07, 6.45) is 1.79. The number of rotatable bonds is 10. The first-order valence-corrected chi connectivity index (χ1v) is 13.6. The maximum atomic E-state index is 13.8. The summed E-state index contributed by atoms with van der Waals surface area (Å²) < 4.78 is 19.3. The van der Waals surface area contributed by atoms with Crippen molar-refractivity contribution in [2.24, 2.45) is 0 Å². The summed E-state index contributed by atoms with van der Waals surface area (Å²) in [4.78, 5) is 46.0. The van der Waals surface area contributed by atoms with Crippen LogP contribution >= 0.6 is 11.6 Å². The fourth-order valence-electron chi connectivity index (χ4n) is 4.58. The van der Waals surface area contributed by atoms with Gasteiger partial charge in [-0.2, -0.15) is 0 Å². The third kappa shape index (κ3) is 7.89. The summed E-state index contributed by atoms with van der Waals surface area (Å²) in [5, 5.41) is 7.70. The Morgan fingerprint density at radius 3 is 2.65 bits per heavy atom. The van der Waals surface area contributed by atoms with Crippen LogP contribution in [0.4, 0.5) is 15.0 Å². The number of amides is 3. The maximum absolute atomic E-state index is 13.8. The monoisotopic (exact) mass is 569 g/mol. The molecule has 2 N–H and O–H groups in total. The molecule has 3 amide bonds. The Labute approximate surface area is 237 Å². The molecule has 1 aliphatic rings. The molecule has 3 aromatic rings. The van der Waals surface area contributed by atoms with Gasteiger partial charge in [-0.05, 0) is 35.9 Å². The number of pyridine rings is 1. The maximum Gasteiger partial charge on any atom is 0.412 e. The molecule has 2 aromatic carbocycles. The van der Waals surface area contributed by atoms with Crippen molar-refractivity contribution in [2.45, 2.75) is 31.7 Å². The van der Waals surface area contributed by atoms with Gasteiger partial charge in [0.25, 0.3) is 0 Å². The Kier molecular flexibility index (Phi) is 10.3. The molecule has 1 fully saturated rings. The molecule has 0 unspecified atom stereocenters. The Bertz CT molecular complexity index is 1350. The smallest absolute Gasteiger partial charge is 0.412 e. The molecule has 1 atom stereocenters. The number of nitrogens with one attached hydrogen (secondary N) is 2. The first kappa shape index (κ1) is 29.2. The number of halogens is 2. The average Bonchev–Trinajstić information content (AvgIpc) is 2.97. The highest BCUT2D eigenvalue weighted by atomic mass is 35.5. The second-order valence-electron chi connectivity index (χ2n) is 9.68. The molecule has 4 rings (SSSR count). The van der Waals surface area contributed by atoms with E-state index < -0.39 is 18.0 Å². The van der Waals surface area contributed by atoms with Crippen LogP contribution in [-0.4, -0.2) is 78.6 Å². The minimum absolute atomic E-state index is 0.00146. The van der Waals surface area contributed by atoms with Gasteiger partial charge in [-0.3, -0.25) is 14.9 Å². The summed E-state index contributed by atoms with van der Waals surface area (Å²) in [6.45, 7) is 2.62. The van der Waals surface area contributed by atoms with E-state index >= 15 is 0 Å². The lowest BCUT2D eigenvalue weighted by Crippen LogP contribution is -2.47. The van der Waals surface area contributed by atoms with Gasteiger partial charge in [-0.15, -0.1) is 0 Å². The molecule has 2 heterocycles. The Morgan fingerprint density at radius 1 is 1.12 bits per heavy atom. The minimum atomic E-state index is -0.714. The van der Waals surface area contributed by atoms with E-state index in [0.29, 0.717) is 30.9 Å². The van der Waals surface area contributed by atoms with E-state index in [2.05, 4.69) is 15.6 Å². The lowest BCUT2D eigenvalue weighted by molar-refractivity contribution is -0.135. The van der Waals surface area contributed by atoms with Crippen molar-refractivity contribution in [1.82, 2.24) is 20.1 Å². The van der Waals surface area contributed by atoms with Crippen LogP contribution < -0.4 is 10.6 Å². The molecule has 0 radical (unpaired) electrons. The number of carbonyl (C=O) groups excluding carboxylic acids is 3. The molecule has 1 aromatic heterocycles. The van der Waals surface area contributed by atoms with Crippen LogP contribution in [0.25, 0.3) is 10.8 Å². The van der Waals surface area contributed by atoms with E-state index in [1.54, 1.807) is 36.3 Å². The molecule has 1 aliphatic heterocycles. The topological polar surface area (TPSA) is 104 Å². The molecule has 0 aliphatic carbocycles. The molecular weight excluding hydrogens is 537 g/mol. The third-order valence-corrected chi connectivity index (χ3v) is 7.43. The van der Waals surface area contributed by atoms with Crippen molar-refractivity contribution in [1.29, 1.82) is 0 Å². The SMILES string of the molecule is CN(C(=O)CCc1cccc(F)c1Cl)[C@H](CCC(=O)N1CCNCC1)COC(=O)Nc1cc2ccccc2cn1. The van der Waals surface area contributed by atoms with Crippen LogP contribution in [0.15, 0.2) is 54.7 Å². The minimum Gasteiger partial charge on any atom is -0.447 e. The standard InChI is InChI=1S/C29H33ClFN5O4/c1-35(26(37)11-9-20-7-4-8-24(31)28(20)30)23(10-12-27(38)36-15-13-32-14-16-36)19-40-29(39)34-25-17-21-5-2-3-6-22(21)18-33-25/h2-8,17-18,23,32H,9-16,19H2,1H3,(H,33,34,39)/t23-/m1/s1. The van der Waals surface area contributed by atoms with Crippen LogP contribution in [0.3, 0.4) is 0 Å². The van der Waals surface area contributed by atoms with Gasteiger partial charge < -0.3 is 19.9 Å². The molecule has 1 saturated heterocycles. The molecule has 0 spiro atoms. The van der Waals surface area contributed by atoms with Gasteiger partial charge in [0.1, 0.15) is 18.2 Å². The number of fused-ring (bicyclic) bond motifs is 1. The predicted octanol–water partition coefficient (Wildman–Crippen LogP) is 4.25. The van der Waals surface area contributed by atoms with Crippen molar-refractivity contribution >= 4 is 46.1 Å². The number of aromatic nitrogens is 1. The van der Waals surface area contributed by atoms with Gasteiger partial charge in [0.2, 0.25) is 11.8 Å². The number of anilines is 1. The van der Waals surface area contributed by atoms with Gasteiger partial charge in [0, 0.05) is 57.7 Å². The number of aryl methyl sites for hydroxylation is 1. The molecule has 40 heavy (non-hydrogen) atoms. The summed E-state index contributed by atoms with van der Waals surface area (Å²) in [5.74, 6) is -0.445. The molecular formula is C29H33ClFN5O4. The number of benzene rings is 2. The summed E-state index contributed by atoms with van der Waals surface area (Å²) in [5.41, 5.74) is 0.535. The van der Waals surface area contributed by atoms with E-state index in [1.165, 1.54) is 11.0 Å². The van der Waals surface area contributed by atoms with Gasteiger partial charge in [-0.25, -0.2) is 14.2 Å². The quantitative estimate of drug-likeness (QED) is 0.378. The number of ether oxygens (including phenoxy) is 1. The number of likely N-dealkylation sites (N-methyl/N-ethyl adjacent to an activating group) is 1. The van der Waals surface area contributed by atoms with Crippen LogP contribution in [0, 0.1) is 5.82 Å². The molecule has 0 bridgehead atoms. The Balaban J connectivity index is 1.37. The number of hydrogen-bond donors (Lipinski definition) is 2. The molecule has 11 heteroatoms. The first-order valence-electron chi connectivity index (χ1n) is 13.3. The Morgan fingerprint density at radius 2 is 1.88 bits per heavy atom. The number of hydrogen-bond acceptors (Lipinski definition) is 6. The fraction of sp³-hybridized carbons (Fsp3) is 0.379. The van der Waals surface area contributed by atoms with Crippen molar-refractivity contribution < 1.29 is 23.5 Å². The average molecular weight is 570 g/mol. The van der Waals surface area contributed by atoms with Crippen molar-refractivity contribution in [3.05, 3.63) is 71.1 Å². The molecule has 0 saturated carbocycles. The number of carbonyl (C=O) groups is 3. The van der Waals surface area contributed by atoms with Crippen molar-refractivity contribution in [2.75, 3.05) is 45.2 Å². The zero-order valence-corrected chi connectivity index (χ0v) is 23.1. The molecule has 9 nitrogen and oxygen atoms in total.